The van der Waals surface area contributed by atoms with Gasteiger partial charge < -0.3 is 10.6 Å². The molecule has 2 N–H and O–H groups in total. The second-order valence-electron chi connectivity index (χ2n) is 4.20. The lowest BCUT2D eigenvalue weighted by Gasteiger charge is -2.26. The average molecular weight is 257 g/mol. The molecule has 0 spiro atoms. The topological polar surface area (TPSA) is 41.6 Å². The molecule has 1 aliphatic rings. The molecule has 1 heterocycles. The van der Waals surface area contributed by atoms with Gasteiger partial charge in [0.15, 0.2) is 17.6 Å². The minimum atomic E-state index is -1.19. The highest BCUT2D eigenvalue weighted by molar-refractivity contribution is 5.80. The summed E-state index contributed by atoms with van der Waals surface area (Å²) in [7, 11) is 0. The van der Waals surface area contributed by atoms with Crippen molar-refractivity contribution in [1.29, 1.82) is 0 Å². The Hall–Kier alpha value is -1.72. The summed E-state index contributed by atoms with van der Waals surface area (Å²) in [5, 5.41) is 0. The van der Waals surface area contributed by atoms with Crippen LogP contribution in [0.2, 0.25) is 0 Å². The molecule has 1 atom stereocenters. The molecule has 0 aromatic heterocycles. The van der Waals surface area contributed by atoms with E-state index in [9.17, 15) is 13.2 Å². The van der Waals surface area contributed by atoms with Gasteiger partial charge in [-0.2, -0.15) is 0 Å². The molecule has 2 rings (SSSR count). The van der Waals surface area contributed by atoms with Gasteiger partial charge in [0.2, 0.25) is 0 Å². The Morgan fingerprint density at radius 2 is 1.94 bits per heavy atom. The number of guanidine groups is 1. The van der Waals surface area contributed by atoms with E-state index in [0.717, 1.165) is 12.5 Å². The van der Waals surface area contributed by atoms with Crippen LogP contribution in [0.1, 0.15) is 24.9 Å². The number of rotatable bonds is 3. The Bertz CT molecular complexity index is 488. The number of aliphatic imine (C=N–C) groups is 1. The van der Waals surface area contributed by atoms with Gasteiger partial charge in [0.25, 0.3) is 0 Å². The molecule has 1 aliphatic heterocycles. The molecule has 6 heteroatoms. The molecule has 18 heavy (non-hydrogen) atoms. The number of nitrogens with zero attached hydrogens (tertiary/aromatic N) is 2. The first-order valence-corrected chi connectivity index (χ1v) is 5.75. The van der Waals surface area contributed by atoms with Crippen LogP contribution in [0.4, 0.5) is 13.2 Å². The molecule has 0 radical (unpaired) electrons. The van der Waals surface area contributed by atoms with Gasteiger partial charge in [0.1, 0.15) is 5.82 Å². The van der Waals surface area contributed by atoms with Crippen molar-refractivity contribution in [2.24, 2.45) is 10.7 Å². The molecule has 0 amide bonds. The molecule has 0 saturated heterocycles. The van der Waals surface area contributed by atoms with Gasteiger partial charge in [-0.15, -0.1) is 0 Å². The quantitative estimate of drug-likeness (QED) is 0.843. The fourth-order valence-electron chi connectivity index (χ4n) is 2.10. The summed E-state index contributed by atoms with van der Waals surface area (Å²) in [5.74, 6) is -2.71. The summed E-state index contributed by atoms with van der Waals surface area (Å²) in [6.45, 7) is 2.80. The smallest absolute Gasteiger partial charge is 0.191 e. The zero-order valence-corrected chi connectivity index (χ0v) is 9.96. The summed E-state index contributed by atoms with van der Waals surface area (Å²) >= 11 is 0. The molecule has 98 valence electrons. The molecule has 0 saturated carbocycles. The number of halogens is 3. The van der Waals surface area contributed by atoms with Crippen molar-refractivity contribution in [3.8, 4) is 0 Å². The van der Waals surface area contributed by atoms with Crippen molar-refractivity contribution in [2.45, 2.75) is 19.4 Å². The van der Waals surface area contributed by atoms with Crippen molar-refractivity contribution in [2.75, 3.05) is 13.1 Å². The van der Waals surface area contributed by atoms with E-state index in [1.165, 1.54) is 0 Å². The fourth-order valence-corrected chi connectivity index (χ4v) is 2.10. The molecule has 0 bridgehead atoms. The van der Waals surface area contributed by atoms with E-state index in [1.807, 2.05) is 6.92 Å². The van der Waals surface area contributed by atoms with Gasteiger partial charge in [-0.25, -0.2) is 13.2 Å². The highest BCUT2D eigenvalue weighted by Crippen LogP contribution is 2.29. The Morgan fingerprint density at radius 3 is 2.61 bits per heavy atom. The van der Waals surface area contributed by atoms with Crippen molar-refractivity contribution >= 4 is 5.96 Å². The third-order valence-corrected chi connectivity index (χ3v) is 2.96. The van der Waals surface area contributed by atoms with Crippen molar-refractivity contribution in [3.05, 3.63) is 35.1 Å². The van der Waals surface area contributed by atoms with Crippen molar-refractivity contribution < 1.29 is 13.2 Å². The van der Waals surface area contributed by atoms with E-state index in [-0.39, 0.29) is 12.1 Å². The van der Waals surface area contributed by atoms with Gasteiger partial charge in [0, 0.05) is 18.2 Å². The fraction of sp³-hybridized carbons (Fsp3) is 0.417. The number of hydrogen-bond acceptors (Lipinski definition) is 3. The lowest BCUT2D eigenvalue weighted by molar-refractivity contribution is 0.335. The van der Waals surface area contributed by atoms with Gasteiger partial charge >= 0.3 is 0 Å². The minimum absolute atomic E-state index is 0.0894. The van der Waals surface area contributed by atoms with Crippen molar-refractivity contribution in [1.82, 2.24) is 4.90 Å². The first-order chi connectivity index (χ1) is 8.54. The number of hydrogen-bond donors (Lipinski definition) is 1. The molecule has 3 nitrogen and oxygen atoms in total. The predicted molar refractivity (Wildman–Crippen MR) is 62.5 cm³/mol. The monoisotopic (exact) mass is 257 g/mol. The van der Waals surface area contributed by atoms with E-state index >= 15 is 0 Å². The summed E-state index contributed by atoms with van der Waals surface area (Å²) < 4.78 is 39.8. The molecular formula is C12H14F3N3. The van der Waals surface area contributed by atoms with Crippen LogP contribution in [0.3, 0.4) is 0 Å². The van der Waals surface area contributed by atoms with Crippen LogP contribution in [0.25, 0.3) is 0 Å². The number of nitrogens with two attached hydrogens (primary N) is 1. The molecule has 0 fully saturated rings. The molecular weight excluding hydrogens is 243 g/mol. The maximum atomic E-state index is 13.7. The molecule has 1 aromatic rings. The van der Waals surface area contributed by atoms with E-state index in [0.29, 0.717) is 18.6 Å². The van der Waals surface area contributed by atoms with E-state index in [2.05, 4.69) is 4.99 Å². The highest BCUT2D eigenvalue weighted by atomic mass is 19.2. The lowest BCUT2D eigenvalue weighted by atomic mass is 10.0. The first kappa shape index (κ1) is 12.7. The van der Waals surface area contributed by atoms with E-state index in [1.54, 1.807) is 4.90 Å². The van der Waals surface area contributed by atoms with Gasteiger partial charge in [-0.1, -0.05) is 6.92 Å². The minimum Gasteiger partial charge on any atom is -0.370 e. The van der Waals surface area contributed by atoms with E-state index in [4.69, 9.17) is 5.73 Å². The predicted octanol–water partition coefficient (Wildman–Crippen LogP) is 2.19. The van der Waals surface area contributed by atoms with E-state index < -0.39 is 23.5 Å². The Kier molecular flexibility index (Phi) is 3.45. The summed E-state index contributed by atoms with van der Waals surface area (Å²) in [5.41, 5.74) is 5.79. The normalized spacial score (nSPS) is 19.2. The summed E-state index contributed by atoms with van der Waals surface area (Å²) in [6, 6.07) is 0.982. The summed E-state index contributed by atoms with van der Waals surface area (Å²) in [6.07, 6.45) is 0.804. The first-order valence-electron chi connectivity index (χ1n) is 5.75. The van der Waals surface area contributed by atoms with Crippen LogP contribution in [-0.2, 0) is 0 Å². The highest BCUT2D eigenvalue weighted by Gasteiger charge is 2.29. The SMILES string of the molecule is CCCN1C(N)=NCC1c1cc(F)c(F)cc1F. The third kappa shape index (κ3) is 2.14. The van der Waals surface area contributed by atoms with Gasteiger partial charge in [-0.05, 0) is 12.5 Å². The third-order valence-electron chi connectivity index (χ3n) is 2.96. The molecule has 1 aromatic carbocycles. The maximum Gasteiger partial charge on any atom is 0.191 e. The Morgan fingerprint density at radius 1 is 1.28 bits per heavy atom. The lowest BCUT2D eigenvalue weighted by Crippen LogP contribution is -2.37. The second-order valence-corrected chi connectivity index (χ2v) is 4.20. The molecule has 0 aliphatic carbocycles. The molecule has 1 unspecified atom stereocenters. The van der Waals surface area contributed by atoms with Crippen LogP contribution in [-0.4, -0.2) is 23.9 Å². The second kappa shape index (κ2) is 4.88. The van der Waals surface area contributed by atoms with Gasteiger partial charge in [-0.3, -0.25) is 4.99 Å². The average Bonchev–Trinajstić information content (AvgIpc) is 2.67. The largest absolute Gasteiger partial charge is 0.370 e. The standard InChI is InChI=1S/C12H14F3N3/c1-2-3-18-11(6-17-12(18)16)7-4-9(14)10(15)5-8(7)13/h4-5,11H,2-3,6H2,1H3,(H2,16,17). The van der Waals surface area contributed by atoms with Crippen molar-refractivity contribution in [3.63, 3.8) is 0 Å². The van der Waals surface area contributed by atoms with Crippen LogP contribution >= 0.6 is 0 Å². The number of benzene rings is 1. The summed E-state index contributed by atoms with van der Waals surface area (Å²) in [4.78, 5) is 5.73. The van der Waals surface area contributed by atoms with Crippen LogP contribution < -0.4 is 5.73 Å². The Balaban J connectivity index is 2.34. The zero-order valence-electron chi connectivity index (χ0n) is 9.96. The zero-order chi connectivity index (χ0) is 13.3. The maximum absolute atomic E-state index is 13.7. The Labute approximate surface area is 103 Å². The van der Waals surface area contributed by atoms with Crippen LogP contribution in [0.15, 0.2) is 17.1 Å². The van der Waals surface area contributed by atoms with Crippen LogP contribution in [0.5, 0.6) is 0 Å². The van der Waals surface area contributed by atoms with Crippen LogP contribution in [0, 0.1) is 17.5 Å². The van der Waals surface area contributed by atoms with Gasteiger partial charge in [0.05, 0.1) is 12.6 Å².